The summed E-state index contributed by atoms with van der Waals surface area (Å²) in [5.41, 5.74) is 1.74. The summed E-state index contributed by atoms with van der Waals surface area (Å²) >= 11 is 0. The van der Waals surface area contributed by atoms with Gasteiger partial charge in [-0.2, -0.15) is 5.10 Å². The number of carbonyl (C=O) groups is 1. The van der Waals surface area contributed by atoms with Crippen molar-refractivity contribution in [3.05, 3.63) is 30.1 Å². The lowest BCUT2D eigenvalue weighted by atomic mass is 9.85. The van der Waals surface area contributed by atoms with Crippen LogP contribution in [-0.2, 0) is 4.79 Å². The first kappa shape index (κ1) is 19.4. The molecule has 3 N–H and O–H groups in total. The second kappa shape index (κ2) is 8.97. The fourth-order valence-corrected chi connectivity index (χ4v) is 3.21. The molecule has 1 fully saturated rings. The third-order valence-corrected chi connectivity index (χ3v) is 4.67. The Kier molecular flexibility index (Phi) is 6.96. The monoisotopic (exact) mass is 363 g/mol. The van der Waals surface area contributed by atoms with Gasteiger partial charge < -0.3 is 10.6 Å². The fraction of sp³-hybridized carbons (Fsp3) is 0.500. The minimum absolute atomic E-state index is 0. The predicted octanol–water partition coefficient (Wildman–Crippen LogP) is 3.17. The van der Waals surface area contributed by atoms with E-state index in [1.807, 2.05) is 31.2 Å². The van der Waals surface area contributed by atoms with Crippen molar-refractivity contribution in [2.75, 3.05) is 18.4 Å². The maximum atomic E-state index is 12.3. The first-order valence-electron chi connectivity index (χ1n) is 8.62. The molecule has 0 spiro atoms. The standard InChI is InChI=1S/C18H25N5O.ClH/c1-12(15-4-3-9-19-11-15)10-17(24)21-16-7-5-14(6-8-16)18-20-13(2)22-23-18;/h5-8,12,15,19H,3-4,9-11H2,1-2H3,(H,21,24)(H,20,22,23);1H. The number of halogens is 1. The summed E-state index contributed by atoms with van der Waals surface area (Å²) in [7, 11) is 0. The van der Waals surface area contributed by atoms with Crippen LogP contribution < -0.4 is 10.6 Å². The van der Waals surface area contributed by atoms with Crippen LogP contribution in [0.15, 0.2) is 24.3 Å². The van der Waals surface area contributed by atoms with Gasteiger partial charge in [-0.15, -0.1) is 12.4 Å². The summed E-state index contributed by atoms with van der Waals surface area (Å²) in [5.74, 6) is 2.53. The average Bonchev–Trinajstić information content (AvgIpc) is 3.02. The van der Waals surface area contributed by atoms with Gasteiger partial charge in [0, 0.05) is 17.7 Å². The Hall–Kier alpha value is -1.92. The van der Waals surface area contributed by atoms with Crippen molar-refractivity contribution in [3.8, 4) is 11.4 Å². The number of H-pyrrole nitrogens is 1. The molecule has 2 aromatic rings. The first-order valence-corrected chi connectivity index (χ1v) is 8.62. The zero-order valence-corrected chi connectivity index (χ0v) is 15.5. The zero-order valence-electron chi connectivity index (χ0n) is 14.7. The molecular weight excluding hydrogens is 338 g/mol. The molecular formula is C18H26ClN5O. The molecule has 0 saturated carbocycles. The van der Waals surface area contributed by atoms with Crippen LogP contribution in [0.1, 0.15) is 32.0 Å². The molecule has 2 heterocycles. The van der Waals surface area contributed by atoms with Crippen LogP contribution in [-0.4, -0.2) is 34.2 Å². The second-order valence-corrected chi connectivity index (χ2v) is 6.66. The van der Waals surface area contributed by atoms with Crippen LogP contribution >= 0.6 is 12.4 Å². The van der Waals surface area contributed by atoms with Crippen LogP contribution in [0.3, 0.4) is 0 Å². The molecule has 0 bridgehead atoms. The number of aromatic amines is 1. The van der Waals surface area contributed by atoms with Gasteiger partial charge in [0.2, 0.25) is 5.91 Å². The SMILES string of the molecule is Cc1nc(-c2ccc(NC(=O)CC(C)C3CCCNC3)cc2)n[nH]1.Cl. The summed E-state index contributed by atoms with van der Waals surface area (Å²) in [4.78, 5) is 16.6. The van der Waals surface area contributed by atoms with E-state index in [-0.39, 0.29) is 18.3 Å². The highest BCUT2D eigenvalue weighted by molar-refractivity contribution is 5.91. The van der Waals surface area contributed by atoms with E-state index in [0.717, 1.165) is 30.2 Å². The molecule has 1 aliphatic rings. The van der Waals surface area contributed by atoms with Crippen LogP contribution in [0.4, 0.5) is 5.69 Å². The van der Waals surface area contributed by atoms with E-state index in [1.165, 1.54) is 12.8 Å². The number of aromatic nitrogens is 3. The first-order chi connectivity index (χ1) is 11.6. The number of carbonyl (C=O) groups excluding carboxylic acids is 1. The molecule has 1 aromatic carbocycles. The van der Waals surface area contributed by atoms with Crippen molar-refractivity contribution in [1.29, 1.82) is 0 Å². The highest BCUT2D eigenvalue weighted by Gasteiger charge is 2.22. The van der Waals surface area contributed by atoms with Gasteiger partial charge >= 0.3 is 0 Å². The van der Waals surface area contributed by atoms with Gasteiger partial charge in [-0.25, -0.2) is 4.98 Å². The third-order valence-electron chi connectivity index (χ3n) is 4.67. The highest BCUT2D eigenvalue weighted by Crippen LogP contribution is 2.23. The normalized spacial score (nSPS) is 18.2. The van der Waals surface area contributed by atoms with Gasteiger partial charge in [0.1, 0.15) is 5.82 Å². The number of nitrogens with zero attached hydrogens (tertiary/aromatic N) is 2. The quantitative estimate of drug-likeness (QED) is 0.762. The molecule has 7 heteroatoms. The van der Waals surface area contributed by atoms with E-state index in [1.54, 1.807) is 0 Å². The summed E-state index contributed by atoms with van der Waals surface area (Å²) in [6, 6.07) is 7.64. The minimum atomic E-state index is 0. The zero-order chi connectivity index (χ0) is 16.9. The largest absolute Gasteiger partial charge is 0.326 e. The number of piperidine rings is 1. The lowest BCUT2D eigenvalue weighted by molar-refractivity contribution is -0.117. The molecule has 136 valence electrons. The van der Waals surface area contributed by atoms with Crippen molar-refractivity contribution >= 4 is 24.0 Å². The molecule has 25 heavy (non-hydrogen) atoms. The van der Waals surface area contributed by atoms with E-state index in [2.05, 4.69) is 32.7 Å². The van der Waals surface area contributed by atoms with E-state index >= 15 is 0 Å². The summed E-state index contributed by atoms with van der Waals surface area (Å²) in [6.07, 6.45) is 2.99. The van der Waals surface area contributed by atoms with Crippen molar-refractivity contribution in [1.82, 2.24) is 20.5 Å². The Morgan fingerprint density at radius 2 is 2.12 bits per heavy atom. The highest BCUT2D eigenvalue weighted by atomic mass is 35.5. The van der Waals surface area contributed by atoms with E-state index < -0.39 is 0 Å². The Balaban J connectivity index is 0.00000225. The number of benzene rings is 1. The van der Waals surface area contributed by atoms with E-state index in [0.29, 0.717) is 24.1 Å². The fourth-order valence-electron chi connectivity index (χ4n) is 3.21. The summed E-state index contributed by atoms with van der Waals surface area (Å²) in [5, 5.41) is 13.4. The number of nitrogens with one attached hydrogen (secondary N) is 3. The Labute approximate surface area is 154 Å². The van der Waals surface area contributed by atoms with Gasteiger partial charge in [0.05, 0.1) is 0 Å². The number of hydrogen-bond acceptors (Lipinski definition) is 4. The van der Waals surface area contributed by atoms with Crippen molar-refractivity contribution in [2.24, 2.45) is 11.8 Å². The van der Waals surface area contributed by atoms with Gasteiger partial charge in [-0.05, 0) is 69.0 Å². The Morgan fingerprint density at radius 3 is 2.72 bits per heavy atom. The maximum Gasteiger partial charge on any atom is 0.224 e. The van der Waals surface area contributed by atoms with Gasteiger partial charge in [0.25, 0.3) is 0 Å². The number of aryl methyl sites for hydroxylation is 1. The smallest absolute Gasteiger partial charge is 0.224 e. The molecule has 2 atom stereocenters. The molecule has 1 amide bonds. The predicted molar refractivity (Wildman–Crippen MR) is 102 cm³/mol. The van der Waals surface area contributed by atoms with Gasteiger partial charge in [0.15, 0.2) is 5.82 Å². The average molecular weight is 364 g/mol. The van der Waals surface area contributed by atoms with E-state index in [9.17, 15) is 4.79 Å². The molecule has 0 aliphatic carbocycles. The topological polar surface area (TPSA) is 82.7 Å². The minimum Gasteiger partial charge on any atom is -0.326 e. The van der Waals surface area contributed by atoms with Gasteiger partial charge in [-0.3, -0.25) is 9.89 Å². The van der Waals surface area contributed by atoms with Crippen molar-refractivity contribution in [3.63, 3.8) is 0 Å². The van der Waals surface area contributed by atoms with Crippen LogP contribution in [0.25, 0.3) is 11.4 Å². The maximum absolute atomic E-state index is 12.3. The number of amides is 1. The number of rotatable bonds is 5. The van der Waals surface area contributed by atoms with E-state index in [4.69, 9.17) is 0 Å². The molecule has 1 aliphatic heterocycles. The Bertz CT molecular complexity index is 679. The number of hydrogen-bond donors (Lipinski definition) is 3. The van der Waals surface area contributed by atoms with Crippen LogP contribution in [0.2, 0.25) is 0 Å². The third kappa shape index (κ3) is 5.28. The second-order valence-electron chi connectivity index (χ2n) is 6.66. The lowest BCUT2D eigenvalue weighted by Gasteiger charge is -2.28. The molecule has 6 nitrogen and oxygen atoms in total. The molecule has 3 rings (SSSR count). The Morgan fingerprint density at radius 1 is 1.36 bits per heavy atom. The summed E-state index contributed by atoms with van der Waals surface area (Å²) < 4.78 is 0. The van der Waals surface area contributed by atoms with Gasteiger partial charge in [-0.1, -0.05) is 6.92 Å². The molecule has 0 radical (unpaired) electrons. The molecule has 1 aromatic heterocycles. The molecule has 2 unspecified atom stereocenters. The van der Waals surface area contributed by atoms with Crippen LogP contribution in [0, 0.1) is 18.8 Å². The van der Waals surface area contributed by atoms with Crippen molar-refractivity contribution in [2.45, 2.75) is 33.1 Å². The summed E-state index contributed by atoms with van der Waals surface area (Å²) in [6.45, 7) is 6.17. The van der Waals surface area contributed by atoms with Crippen molar-refractivity contribution < 1.29 is 4.79 Å². The lowest BCUT2D eigenvalue weighted by Crippen LogP contribution is -2.34. The number of anilines is 1. The van der Waals surface area contributed by atoms with Crippen LogP contribution in [0.5, 0.6) is 0 Å². The molecule has 1 saturated heterocycles.